The summed E-state index contributed by atoms with van der Waals surface area (Å²) in [5.74, 6) is -0.452. The number of thioether (sulfide) groups is 1. The van der Waals surface area contributed by atoms with Crippen molar-refractivity contribution in [3.8, 4) is 11.5 Å². The summed E-state index contributed by atoms with van der Waals surface area (Å²) >= 11 is 0.721. The second-order valence-corrected chi connectivity index (χ2v) is 7.64. The smallest absolute Gasteiger partial charge is 0.339 e. The molecule has 0 atom stereocenters. The molecule has 2 aromatic carbocycles. The van der Waals surface area contributed by atoms with Gasteiger partial charge >= 0.3 is 10.1 Å². The minimum atomic E-state index is -4.11. The number of amides is 2. The molecule has 2 aromatic rings. The van der Waals surface area contributed by atoms with Gasteiger partial charge < -0.3 is 8.92 Å². The van der Waals surface area contributed by atoms with E-state index in [0.717, 1.165) is 11.8 Å². The van der Waals surface area contributed by atoms with Crippen molar-refractivity contribution in [2.45, 2.75) is 4.90 Å². The van der Waals surface area contributed by atoms with E-state index in [4.69, 9.17) is 8.92 Å². The van der Waals surface area contributed by atoms with E-state index in [9.17, 15) is 18.0 Å². The van der Waals surface area contributed by atoms with Gasteiger partial charge in [0, 0.05) is 5.56 Å². The maximum absolute atomic E-state index is 12.5. The summed E-state index contributed by atoms with van der Waals surface area (Å²) in [4.78, 5) is 23.2. The second kappa shape index (κ2) is 7.22. The van der Waals surface area contributed by atoms with E-state index >= 15 is 0 Å². The topological polar surface area (TPSA) is 98.8 Å². The van der Waals surface area contributed by atoms with Gasteiger partial charge in [0.15, 0.2) is 11.5 Å². The number of hydrogen-bond donors (Lipinski definition) is 1. The summed E-state index contributed by atoms with van der Waals surface area (Å²) in [7, 11) is -2.74. The highest BCUT2D eigenvalue weighted by molar-refractivity contribution is 8.18. The molecule has 0 saturated carbocycles. The number of para-hydroxylation sites is 1. The largest absolute Gasteiger partial charge is 0.493 e. The van der Waals surface area contributed by atoms with Crippen LogP contribution < -0.4 is 14.2 Å². The van der Waals surface area contributed by atoms with Crippen molar-refractivity contribution in [1.82, 2.24) is 5.32 Å². The van der Waals surface area contributed by atoms with Gasteiger partial charge in [0.2, 0.25) is 0 Å². The Morgan fingerprint density at radius 3 is 2.38 bits per heavy atom. The van der Waals surface area contributed by atoms with E-state index in [1.165, 1.54) is 31.4 Å². The lowest BCUT2D eigenvalue weighted by molar-refractivity contribution is -0.115. The molecule has 1 aliphatic heterocycles. The summed E-state index contributed by atoms with van der Waals surface area (Å²) in [5, 5.41) is 1.64. The Kier molecular flexibility index (Phi) is 5.01. The quantitative estimate of drug-likeness (QED) is 0.618. The molecule has 0 aliphatic carbocycles. The van der Waals surface area contributed by atoms with Gasteiger partial charge in [0.05, 0.1) is 12.0 Å². The van der Waals surface area contributed by atoms with Crippen LogP contribution >= 0.6 is 11.8 Å². The first kappa shape index (κ1) is 18.0. The van der Waals surface area contributed by atoms with Gasteiger partial charge in [-0.15, -0.1) is 0 Å². The highest BCUT2D eigenvalue weighted by Gasteiger charge is 2.27. The van der Waals surface area contributed by atoms with Crippen LogP contribution in [0.3, 0.4) is 0 Å². The van der Waals surface area contributed by atoms with Crippen LogP contribution in [-0.2, 0) is 14.9 Å². The van der Waals surface area contributed by atoms with E-state index in [1.807, 2.05) is 0 Å². The molecular formula is C17H13NO6S2. The van der Waals surface area contributed by atoms with Crippen LogP contribution in [0.4, 0.5) is 4.79 Å². The fourth-order valence-corrected chi connectivity index (χ4v) is 3.86. The third kappa shape index (κ3) is 3.73. The van der Waals surface area contributed by atoms with Crippen LogP contribution in [0.15, 0.2) is 58.3 Å². The molecular weight excluding hydrogens is 378 g/mol. The summed E-state index contributed by atoms with van der Waals surface area (Å²) in [6, 6.07) is 12.4. The Balaban J connectivity index is 2.05. The van der Waals surface area contributed by atoms with Crippen LogP contribution in [0, 0.1) is 0 Å². The lowest BCUT2D eigenvalue weighted by atomic mass is 10.1. The number of rotatable bonds is 5. The molecule has 7 nitrogen and oxygen atoms in total. The molecule has 1 saturated heterocycles. The Hall–Kier alpha value is -2.78. The molecule has 1 fully saturated rings. The Morgan fingerprint density at radius 2 is 1.77 bits per heavy atom. The third-order valence-electron chi connectivity index (χ3n) is 3.38. The molecule has 0 bridgehead atoms. The van der Waals surface area contributed by atoms with Gasteiger partial charge in [0.1, 0.15) is 4.90 Å². The van der Waals surface area contributed by atoms with Crippen LogP contribution in [0.25, 0.3) is 6.08 Å². The van der Waals surface area contributed by atoms with E-state index in [1.54, 1.807) is 30.3 Å². The molecule has 0 radical (unpaired) electrons. The zero-order valence-corrected chi connectivity index (χ0v) is 15.1. The van der Waals surface area contributed by atoms with Crippen LogP contribution in [-0.4, -0.2) is 26.7 Å². The van der Waals surface area contributed by atoms with Gasteiger partial charge in [-0.1, -0.05) is 30.3 Å². The molecule has 134 valence electrons. The first-order valence-electron chi connectivity index (χ1n) is 7.32. The molecule has 1 heterocycles. The number of hydrogen-bond acceptors (Lipinski definition) is 7. The highest BCUT2D eigenvalue weighted by atomic mass is 32.2. The zero-order chi connectivity index (χ0) is 18.7. The molecule has 9 heteroatoms. The van der Waals surface area contributed by atoms with Crippen molar-refractivity contribution in [1.29, 1.82) is 0 Å². The van der Waals surface area contributed by atoms with Gasteiger partial charge in [-0.2, -0.15) is 8.42 Å². The van der Waals surface area contributed by atoms with Crippen LogP contribution in [0.5, 0.6) is 11.5 Å². The Bertz CT molecular complexity index is 999. The molecule has 26 heavy (non-hydrogen) atoms. The fourth-order valence-electron chi connectivity index (χ4n) is 2.20. The predicted octanol–water partition coefficient (Wildman–Crippen LogP) is 2.79. The van der Waals surface area contributed by atoms with Crippen LogP contribution in [0.1, 0.15) is 5.56 Å². The van der Waals surface area contributed by atoms with Gasteiger partial charge in [-0.05, 0) is 36.0 Å². The molecule has 1 N–H and O–H groups in total. The molecule has 0 unspecified atom stereocenters. The second-order valence-electron chi connectivity index (χ2n) is 5.08. The van der Waals surface area contributed by atoms with Crippen molar-refractivity contribution in [3.63, 3.8) is 0 Å². The van der Waals surface area contributed by atoms with Crippen molar-refractivity contribution < 1.29 is 26.9 Å². The number of carbonyl (C=O) groups excluding carboxylic acids is 2. The standard InChI is InChI=1S/C17H13NO6S2/c1-23-13-9-5-6-11(10-14-16(19)18-17(20)25-14)15(13)24-26(21,22)12-7-3-2-4-8-12/h2-10H,1H3,(H,18,19,20)/b14-10-. The van der Waals surface area contributed by atoms with E-state index < -0.39 is 21.3 Å². The summed E-state index contributed by atoms with van der Waals surface area (Å²) in [5.41, 5.74) is 0.288. The molecule has 1 aliphatic rings. The Labute approximate surface area is 154 Å². The molecule has 0 aromatic heterocycles. The highest BCUT2D eigenvalue weighted by Crippen LogP contribution is 2.36. The summed E-state index contributed by atoms with van der Waals surface area (Å²) < 4.78 is 35.6. The molecule has 3 rings (SSSR count). The normalized spacial score (nSPS) is 15.8. The van der Waals surface area contributed by atoms with Crippen molar-refractivity contribution >= 4 is 39.1 Å². The van der Waals surface area contributed by atoms with Gasteiger partial charge in [-0.25, -0.2) is 0 Å². The average molecular weight is 391 g/mol. The fraction of sp³-hybridized carbons (Fsp3) is 0.0588. The van der Waals surface area contributed by atoms with Crippen LogP contribution in [0.2, 0.25) is 0 Å². The number of benzene rings is 2. The number of imide groups is 1. The first-order chi connectivity index (χ1) is 12.4. The van der Waals surface area contributed by atoms with Gasteiger partial charge in [0.25, 0.3) is 11.1 Å². The minimum Gasteiger partial charge on any atom is -0.493 e. The van der Waals surface area contributed by atoms with Crippen molar-refractivity contribution in [2.75, 3.05) is 7.11 Å². The molecule has 0 spiro atoms. The zero-order valence-electron chi connectivity index (χ0n) is 13.5. The maximum atomic E-state index is 12.5. The summed E-state index contributed by atoms with van der Waals surface area (Å²) in [6.45, 7) is 0. The predicted molar refractivity (Wildman–Crippen MR) is 96.4 cm³/mol. The van der Waals surface area contributed by atoms with Crippen molar-refractivity contribution in [2.24, 2.45) is 0 Å². The lowest BCUT2D eigenvalue weighted by Gasteiger charge is -2.13. The summed E-state index contributed by atoms with van der Waals surface area (Å²) in [6.07, 6.45) is 1.38. The van der Waals surface area contributed by atoms with Gasteiger partial charge in [-0.3, -0.25) is 14.9 Å². The van der Waals surface area contributed by atoms with E-state index in [-0.39, 0.29) is 26.9 Å². The Morgan fingerprint density at radius 1 is 1.04 bits per heavy atom. The number of methoxy groups -OCH3 is 1. The van der Waals surface area contributed by atoms with Crippen molar-refractivity contribution in [3.05, 3.63) is 59.0 Å². The number of ether oxygens (including phenoxy) is 1. The average Bonchev–Trinajstić information content (AvgIpc) is 2.94. The lowest BCUT2D eigenvalue weighted by Crippen LogP contribution is -2.17. The van der Waals surface area contributed by atoms with E-state index in [0.29, 0.717) is 0 Å². The number of carbonyl (C=O) groups is 2. The SMILES string of the molecule is COc1cccc(/C=C2\SC(=O)NC2=O)c1OS(=O)(=O)c1ccccc1. The molecule has 2 amide bonds. The number of nitrogens with one attached hydrogen (secondary N) is 1. The van der Waals surface area contributed by atoms with E-state index in [2.05, 4.69) is 5.32 Å². The monoisotopic (exact) mass is 391 g/mol. The minimum absolute atomic E-state index is 0.0207. The maximum Gasteiger partial charge on any atom is 0.339 e. The first-order valence-corrected chi connectivity index (χ1v) is 9.54. The third-order valence-corrected chi connectivity index (χ3v) is 5.43.